The zero-order valence-corrected chi connectivity index (χ0v) is 37.3. The van der Waals surface area contributed by atoms with Crippen molar-refractivity contribution in [3.63, 3.8) is 0 Å². The number of allylic oxidation sites excluding steroid dienone is 6. The monoisotopic (exact) mass is 743 g/mol. The first-order chi connectivity index (χ1) is 25.9. The Balaban J connectivity index is 1.35. The standard InChI is InChI=1S/C54H66N2/c1-35-25-37(3)49(47(27-35)41-29-43(51(5,6)7)33-44(30-41)52(8,9)10)55-21-17-39(18-22-55)40-19-23-56(24-20-40)50-38(4)26-36(2)28-48(50)42-31-45(53(11,12)13)34-46(32-42)54(14,15)16/h17-34H,1-16H3. The minimum atomic E-state index is 0.0461. The first-order valence-corrected chi connectivity index (χ1v) is 20.5. The molecule has 0 amide bonds. The van der Waals surface area contributed by atoms with Gasteiger partial charge in [-0.1, -0.05) is 143 Å². The summed E-state index contributed by atoms with van der Waals surface area (Å²) >= 11 is 0. The minimum Gasteiger partial charge on any atom is -0.323 e. The van der Waals surface area contributed by atoms with Crippen molar-refractivity contribution < 1.29 is 0 Å². The van der Waals surface area contributed by atoms with E-state index in [-0.39, 0.29) is 21.7 Å². The predicted octanol–water partition coefficient (Wildman–Crippen LogP) is 15.1. The summed E-state index contributed by atoms with van der Waals surface area (Å²) in [4.78, 5) is 4.60. The van der Waals surface area contributed by atoms with E-state index < -0.39 is 0 Å². The molecule has 0 aromatic heterocycles. The van der Waals surface area contributed by atoms with E-state index in [1.54, 1.807) is 0 Å². The summed E-state index contributed by atoms with van der Waals surface area (Å²) < 4.78 is 0. The third kappa shape index (κ3) is 8.61. The Labute approximate surface area is 340 Å². The third-order valence-electron chi connectivity index (χ3n) is 11.4. The largest absolute Gasteiger partial charge is 0.323 e. The molecule has 6 rings (SSSR count). The maximum Gasteiger partial charge on any atom is 0.0557 e. The Kier molecular flexibility index (Phi) is 10.6. The van der Waals surface area contributed by atoms with Gasteiger partial charge in [0.25, 0.3) is 0 Å². The Morgan fingerprint density at radius 2 is 0.607 bits per heavy atom. The van der Waals surface area contributed by atoms with Crippen molar-refractivity contribution >= 4 is 11.4 Å². The molecule has 2 heterocycles. The van der Waals surface area contributed by atoms with Gasteiger partial charge in [-0.3, -0.25) is 0 Å². The van der Waals surface area contributed by atoms with E-state index >= 15 is 0 Å². The highest BCUT2D eigenvalue weighted by molar-refractivity contribution is 5.86. The molecular formula is C54H66N2. The van der Waals surface area contributed by atoms with Crippen LogP contribution in [-0.2, 0) is 21.7 Å². The molecule has 0 atom stereocenters. The number of nitrogens with zero attached hydrogens (tertiary/aromatic N) is 2. The van der Waals surface area contributed by atoms with Gasteiger partial charge in [0.15, 0.2) is 0 Å². The van der Waals surface area contributed by atoms with Gasteiger partial charge in [0.1, 0.15) is 0 Å². The quantitative estimate of drug-likeness (QED) is 0.205. The Morgan fingerprint density at radius 3 is 0.857 bits per heavy atom. The van der Waals surface area contributed by atoms with Crippen molar-refractivity contribution in [3.05, 3.63) is 165 Å². The van der Waals surface area contributed by atoms with Gasteiger partial charge < -0.3 is 9.80 Å². The molecule has 0 saturated heterocycles. The third-order valence-corrected chi connectivity index (χ3v) is 11.4. The Hall–Kier alpha value is -4.82. The maximum absolute atomic E-state index is 2.41. The molecule has 0 fully saturated rings. The van der Waals surface area contributed by atoms with Crippen molar-refractivity contribution in [2.24, 2.45) is 0 Å². The second-order valence-electron chi connectivity index (χ2n) is 20.5. The van der Waals surface area contributed by atoms with Crippen molar-refractivity contribution in [3.8, 4) is 22.3 Å². The summed E-state index contributed by atoms with van der Waals surface area (Å²) in [5.41, 5.74) is 20.7. The van der Waals surface area contributed by atoms with Crippen LogP contribution in [0.4, 0.5) is 11.4 Å². The predicted molar refractivity (Wildman–Crippen MR) is 246 cm³/mol. The molecule has 4 aromatic rings. The Morgan fingerprint density at radius 1 is 0.339 bits per heavy atom. The molecule has 0 N–H and O–H groups in total. The van der Waals surface area contributed by atoms with E-state index in [0.717, 1.165) is 0 Å². The highest BCUT2D eigenvalue weighted by Crippen LogP contribution is 2.43. The summed E-state index contributed by atoms with van der Waals surface area (Å²) in [5, 5.41) is 0. The van der Waals surface area contributed by atoms with Gasteiger partial charge in [-0.2, -0.15) is 0 Å². The zero-order chi connectivity index (χ0) is 41.1. The summed E-state index contributed by atoms with van der Waals surface area (Å²) in [7, 11) is 0. The highest BCUT2D eigenvalue weighted by atomic mass is 15.1. The van der Waals surface area contributed by atoms with Crippen LogP contribution in [0.25, 0.3) is 22.3 Å². The van der Waals surface area contributed by atoms with Crippen LogP contribution in [0.15, 0.2) is 121 Å². The normalized spacial score (nSPS) is 15.1. The van der Waals surface area contributed by atoms with E-state index in [0.29, 0.717) is 0 Å². The molecule has 2 aliphatic heterocycles. The van der Waals surface area contributed by atoms with Crippen molar-refractivity contribution in [2.45, 2.75) is 132 Å². The topological polar surface area (TPSA) is 6.48 Å². The van der Waals surface area contributed by atoms with Crippen LogP contribution in [0, 0.1) is 27.7 Å². The van der Waals surface area contributed by atoms with Crippen LogP contribution >= 0.6 is 0 Å². The van der Waals surface area contributed by atoms with E-state index in [2.05, 4.69) is 230 Å². The van der Waals surface area contributed by atoms with Crippen molar-refractivity contribution in [1.82, 2.24) is 0 Å². The van der Waals surface area contributed by atoms with Gasteiger partial charge in [0, 0.05) is 35.9 Å². The lowest BCUT2D eigenvalue weighted by Gasteiger charge is -2.29. The van der Waals surface area contributed by atoms with Crippen LogP contribution in [-0.4, -0.2) is 0 Å². The lowest BCUT2D eigenvalue weighted by atomic mass is 9.78. The molecule has 0 radical (unpaired) electrons. The molecule has 2 heteroatoms. The molecular weight excluding hydrogens is 677 g/mol. The smallest absolute Gasteiger partial charge is 0.0557 e. The molecule has 2 aliphatic rings. The molecule has 0 aliphatic carbocycles. The second-order valence-corrected chi connectivity index (χ2v) is 20.5. The Bertz CT molecular complexity index is 2060. The van der Waals surface area contributed by atoms with Crippen molar-refractivity contribution in [2.75, 3.05) is 9.80 Å². The fourth-order valence-electron chi connectivity index (χ4n) is 7.88. The summed E-state index contributed by atoms with van der Waals surface area (Å²) in [6.45, 7) is 36.7. The number of rotatable bonds is 4. The van der Waals surface area contributed by atoms with Crippen LogP contribution in [0.1, 0.15) is 128 Å². The van der Waals surface area contributed by atoms with Crippen molar-refractivity contribution in [1.29, 1.82) is 0 Å². The van der Waals surface area contributed by atoms with E-state index in [1.165, 1.54) is 89.3 Å². The average molecular weight is 743 g/mol. The van der Waals surface area contributed by atoms with Gasteiger partial charge >= 0.3 is 0 Å². The molecule has 4 aromatic carbocycles. The molecule has 0 spiro atoms. The number of hydrogen-bond acceptors (Lipinski definition) is 2. The zero-order valence-electron chi connectivity index (χ0n) is 37.3. The molecule has 56 heavy (non-hydrogen) atoms. The highest BCUT2D eigenvalue weighted by Gasteiger charge is 2.25. The molecule has 292 valence electrons. The van der Waals surface area contributed by atoms with Crippen LogP contribution in [0.2, 0.25) is 0 Å². The van der Waals surface area contributed by atoms with E-state index in [4.69, 9.17) is 0 Å². The van der Waals surface area contributed by atoms with Gasteiger partial charge in [0.05, 0.1) is 11.4 Å². The molecule has 0 unspecified atom stereocenters. The lowest BCUT2D eigenvalue weighted by molar-refractivity contribution is 0.568. The molecule has 0 saturated carbocycles. The summed E-state index contributed by atoms with van der Waals surface area (Å²) in [5.74, 6) is 0. The van der Waals surface area contributed by atoms with E-state index in [9.17, 15) is 0 Å². The van der Waals surface area contributed by atoms with Crippen LogP contribution in [0.3, 0.4) is 0 Å². The SMILES string of the molecule is Cc1cc(C)c(N2C=CC(=C3C=CN(c4c(C)cc(C)cc4-c4cc(C(C)(C)C)cc(C(C)(C)C)c4)C=C3)C=C2)c(-c2cc(C(C)(C)C)cc(C(C)(C)C)c2)c1. The van der Waals surface area contributed by atoms with Gasteiger partial charge in [-0.25, -0.2) is 0 Å². The summed E-state index contributed by atoms with van der Waals surface area (Å²) in [6, 6.07) is 23.8. The summed E-state index contributed by atoms with van der Waals surface area (Å²) in [6.07, 6.45) is 17.9. The van der Waals surface area contributed by atoms with Gasteiger partial charge in [-0.05, 0) is 141 Å². The number of anilines is 2. The number of hydrogen-bond donors (Lipinski definition) is 0. The van der Waals surface area contributed by atoms with Gasteiger partial charge in [0.2, 0.25) is 0 Å². The lowest BCUT2D eigenvalue weighted by Crippen LogP contribution is -2.17. The molecule has 2 nitrogen and oxygen atoms in total. The fourth-order valence-corrected chi connectivity index (χ4v) is 7.88. The average Bonchev–Trinajstić information content (AvgIpc) is 3.09. The molecule has 0 bridgehead atoms. The number of benzene rings is 4. The first kappa shape index (κ1) is 40.8. The van der Waals surface area contributed by atoms with Gasteiger partial charge in [-0.15, -0.1) is 0 Å². The second kappa shape index (κ2) is 14.6. The minimum absolute atomic E-state index is 0.0461. The van der Waals surface area contributed by atoms with E-state index in [1.807, 2.05) is 0 Å². The number of aryl methyl sites for hydroxylation is 4. The first-order valence-electron chi connectivity index (χ1n) is 20.5. The maximum atomic E-state index is 2.41. The van der Waals surface area contributed by atoms with Crippen LogP contribution in [0.5, 0.6) is 0 Å². The fraction of sp³-hybridized carbons (Fsp3) is 0.370. The van der Waals surface area contributed by atoms with Crippen LogP contribution < -0.4 is 9.80 Å².